The summed E-state index contributed by atoms with van der Waals surface area (Å²) in [5.74, 6) is 0. The summed E-state index contributed by atoms with van der Waals surface area (Å²) in [5.41, 5.74) is 7.46. The Balaban J connectivity index is 1.46. The van der Waals surface area contributed by atoms with Crippen LogP contribution in [-0.4, -0.2) is 4.21 Å². The van der Waals surface area contributed by atoms with Crippen LogP contribution >= 0.6 is 11.8 Å². The second-order valence-corrected chi connectivity index (χ2v) is 15.5. The summed E-state index contributed by atoms with van der Waals surface area (Å²) in [6.07, 6.45) is 5.82. The minimum absolute atomic E-state index is 0.886. The maximum absolute atomic E-state index is 16.5. The number of fused-ring (bicyclic) bond motifs is 9. The highest BCUT2D eigenvalue weighted by Crippen LogP contribution is 2.70. The van der Waals surface area contributed by atoms with E-state index in [0.717, 1.165) is 58.9 Å². The van der Waals surface area contributed by atoms with Crippen molar-refractivity contribution >= 4 is 43.5 Å². The standard InChI is InChI=1S/C37H27NOS2/c1-3-4-13-27-25(2)41(39,35-20-11-5-14-28(35)29-15-6-12-21-36(29)41)37-23-22-26(24-30(27)37)38-31-16-7-9-18-33(31)40-34-19-10-8-17-32(34)38/h3-24H,1H2,2H3/b13-4-. The fraction of sp³-hybridized carbons (Fsp3) is 0.0270. The van der Waals surface area contributed by atoms with E-state index in [1.807, 2.05) is 30.3 Å². The smallest absolute Gasteiger partial charge is 0.0601 e. The van der Waals surface area contributed by atoms with Crippen molar-refractivity contribution in [3.8, 4) is 11.1 Å². The number of anilines is 3. The molecule has 0 aromatic heterocycles. The van der Waals surface area contributed by atoms with E-state index >= 15 is 4.21 Å². The second kappa shape index (κ2) is 8.56. The Morgan fingerprint density at radius 1 is 0.683 bits per heavy atom. The molecule has 4 heteroatoms. The molecule has 198 valence electrons. The Hall–Kier alpha value is -4.38. The van der Waals surface area contributed by atoms with Crippen LogP contribution in [-0.2, 0) is 9.07 Å². The van der Waals surface area contributed by atoms with Gasteiger partial charge < -0.3 is 4.90 Å². The fourth-order valence-corrected chi connectivity index (χ4v) is 13.0. The third-order valence-corrected chi connectivity index (χ3v) is 14.7. The molecule has 1 spiro atoms. The molecule has 0 bridgehead atoms. The molecular weight excluding hydrogens is 539 g/mol. The van der Waals surface area contributed by atoms with Crippen molar-refractivity contribution in [3.63, 3.8) is 0 Å². The van der Waals surface area contributed by atoms with Crippen molar-refractivity contribution in [1.29, 1.82) is 0 Å². The largest absolute Gasteiger partial charge is 0.308 e. The predicted molar refractivity (Wildman–Crippen MR) is 172 cm³/mol. The molecule has 3 heterocycles. The zero-order valence-electron chi connectivity index (χ0n) is 22.6. The lowest BCUT2D eigenvalue weighted by atomic mass is 10.0. The molecular formula is C37H27NOS2. The molecule has 2 nitrogen and oxygen atoms in total. The first-order valence-electron chi connectivity index (χ1n) is 13.7. The predicted octanol–water partition coefficient (Wildman–Crippen LogP) is 10.4. The van der Waals surface area contributed by atoms with E-state index in [9.17, 15) is 0 Å². The van der Waals surface area contributed by atoms with Gasteiger partial charge in [-0.15, -0.1) is 0 Å². The van der Waals surface area contributed by atoms with Crippen LogP contribution in [0.15, 0.2) is 169 Å². The molecule has 41 heavy (non-hydrogen) atoms. The van der Waals surface area contributed by atoms with Gasteiger partial charge in [-0.25, -0.2) is 0 Å². The monoisotopic (exact) mass is 565 g/mol. The first-order valence-corrected chi connectivity index (χ1v) is 16.5. The van der Waals surface area contributed by atoms with Crippen molar-refractivity contribution in [2.75, 3.05) is 4.90 Å². The first-order chi connectivity index (χ1) is 20.1. The highest BCUT2D eigenvalue weighted by atomic mass is 32.3. The number of para-hydroxylation sites is 2. The number of benzene rings is 5. The summed E-state index contributed by atoms with van der Waals surface area (Å²) in [6.45, 7) is 6.00. The summed E-state index contributed by atoms with van der Waals surface area (Å²) in [5, 5.41) is 0. The van der Waals surface area contributed by atoms with Crippen LogP contribution in [0.3, 0.4) is 0 Å². The molecule has 0 saturated carbocycles. The summed E-state index contributed by atoms with van der Waals surface area (Å²) in [6, 6.07) is 40.1. The second-order valence-electron chi connectivity index (χ2n) is 10.6. The molecule has 0 aliphatic carbocycles. The maximum Gasteiger partial charge on any atom is 0.0601 e. The number of hydrogen-bond donors (Lipinski definition) is 0. The quantitative estimate of drug-likeness (QED) is 0.199. The lowest BCUT2D eigenvalue weighted by Gasteiger charge is -2.40. The van der Waals surface area contributed by atoms with Gasteiger partial charge in [0, 0.05) is 35.1 Å². The summed E-state index contributed by atoms with van der Waals surface area (Å²) in [4.78, 5) is 8.37. The van der Waals surface area contributed by atoms with Crippen molar-refractivity contribution in [1.82, 2.24) is 0 Å². The molecule has 0 amide bonds. The molecule has 0 saturated heterocycles. The van der Waals surface area contributed by atoms with E-state index in [2.05, 4.69) is 115 Å². The minimum atomic E-state index is -3.81. The van der Waals surface area contributed by atoms with E-state index < -0.39 is 9.07 Å². The van der Waals surface area contributed by atoms with Crippen LogP contribution in [0, 0.1) is 0 Å². The molecule has 0 radical (unpaired) electrons. The van der Waals surface area contributed by atoms with Crippen LogP contribution in [0.1, 0.15) is 12.5 Å². The van der Waals surface area contributed by atoms with Gasteiger partial charge in [0.25, 0.3) is 0 Å². The van der Waals surface area contributed by atoms with E-state index in [4.69, 9.17) is 0 Å². The van der Waals surface area contributed by atoms with Crippen LogP contribution < -0.4 is 4.90 Å². The van der Waals surface area contributed by atoms with Gasteiger partial charge in [0.05, 0.1) is 11.4 Å². The highest BCUT2D eigenvalue weighted by molar-refractivity contribution is 8.24. The molecule has 0 N–H and O–H groups in total. The van der Waals surface area contributed by atoms with Crippen LogP contribution in [0.5, 0.6) is 0 Å². The van der Waals surface area contributed by atoms with Crippen LogP contribution in [0.4, 0.5) is 17.1 Å². The summed E-state index contributed by atoms with van der Waals surface area (Å²) < 4.78 is 16.5. The Morgan fingerprint density at radius 2 is 1.22 bits per heavy atom. The summed E-state index contributed by atoms with van der Waals surface area (Å²) >= 11 is 1.80. The molecule has 8 rings (SSSR count). The Bertz CT molecular complexity index is 1990. The van der Waals surface area contributed by atoms with Crippen molar-refractivity contribution in [2.45, 2.75) is 31.4 Å². The molecule has 0 fully saturated rings. The normalized spacial score (nSPS) is 17.8. The lowest BCUT2D eigenvalue weighted by Crippen LogP contribution is -2.31. The Labute approximate surface area is 244 Å². The van der Waals surface area contributed by atoms with Gasteiger partial charge in [0.1, 0.15) is 0 Å². The fourth-order valence-electron chi connectivity index (χ4n) is 6.87. The molecule has 0 unspecified atom stereocenters. The number of allylic oxidation sites excluding steroid dienone is 5. The first kappa shape index (κ1) is 24.4. The SMILES string of the molecule is C=C/C=C\C1=C(C)S2(=O)(c3ccc(N4c5ccccc5Sc5ccccc54)cc31)c1ccccc1-c1ccccc12. The third kappa shape index (κ3) is 2.96. The summed E-state index contributed by atoms with van der Waals surface area (Å²) in [7, 11) is -3.81. The highest BCUT2D eigenvalue weighted by Gasteiger charge is 2.56. The molecule has 3 aliphatic heterocycles. The zero-order valence-corrected chi connectivity index (χ0v) is 24.2. The Kier molecular flexibility index (Phi) is 5.10. The number of nitrogens with zero attached hydrogens (tertiary/aromatic N) is 1. The molecule has 5 aromatic carbocycles. The van der Waals surface area contributed by atoms with Crippen molar-refractivity contribution in [2.24, 2.45) is 0 Å². The van der Waals surface area contributed by atoms with Gasteiger partial charge in [-0.1, -0.05) is 97.2 Å². The van der Waals surface area contributed by atoms with Crippen LogP contribution in [0.25, 0.3) is 16.7 Å². The van der Waals surface area contributed by atoms with Crippen molar-refractivity contribution in [3.05, 3.63) is 151 Å². The van der Waals surface area contributed by atoms with Crippen molar-refractivity contribution < 1.29 is 4.21 Å². The van der Waals surface area contributed by atoms with E-state index in [0.29, 0.717) is 0 Å². The van der Waals surface area contributed by atoms with E-state index in [1.54, 1.807) is 17.8 Å². The van der Waals surface area contributed by atoms with Gasteiger partial charge in [-0.3, -0.25) is 4.21 Å². The molecule has 5 aromatic rings. The average Bonchev–Trinajstić information content (AvgIpc) is 3.38. The lowest BCUT2D eigenvalue weighted by molar-refractivity contribution is 0.662. The van der Waals surface area contributed by atoms with Gasteiger partial charge in [-0.2, -0.15) is 0 Å². The average molecular weight is 566 g/mol. The maximum atomic E-state index is 16.5. The van der Waals surface area contributed by atoms with Gasteiger partial charge in [0.15, 0.2) is 0 Å². The molecule has 3 aliphatic rings. The third-order valence-electron chi connectivity index (χ3n) is 8.63. The number of rotatable bonds is 3. The van der Waals surface area contributed by atoms with Gasteiger partial charge in [-0.05, 0) is 92.9 Å². The van der Waals surface area contributed by atoms with E-state index in [-0.39, 0.29) is 0 Å². The van der Waals surface area contributed by atoms with Gasteiger partial charge in [0.2, 0.25) is 0 Å². The van der Waals surface area contributed by atoms with Gasteiger partial charge >= 0.3 is 0 Å². The minimum Gasteiger partial charge on any atom is -0.308 e. The molecule has 0 atom stereocenters. The van der Waals surface area contributed by atoms with Crippen LogP contribution in [0.2, 0.25) is 0 Å². The van der Waals surface area contributed by atoms with E-state index in [1.165, 1.54) is 9.79 Å². The zero-order chi connectivity index (χ0) is 27.8. The number of hydrogen-bond acceptors (Lipinski definition) is 3. The topological polar surface area (TPSA) is 20.3 Å². The Morgan fingerprint density at radius 3 is 1.83 bits per heavy atom.